The molecular weight excluding hydrogens is 313 g/mol. The first-order chi connectivity index (χ1) is 7.29. The van der Waals surface area contributed by atoms with Gasteiger partial charge in [0.25, 0.3) is 0 Å². The molecule has 1 aromatic rings. The molecule has 1 heterocycles. The first-order valence-corrected chi connectivity index (χ1v) is 8.29. The highest BCUT2D eigenvalue weighted by Gasteiger charge is 2.09. The van der Waals surface area contributed by atoms with E-state index >= 15 is 0 Å². The van der Waals surface area contributed by atoms with Crippen molar-refractivity contribution in [3.8, 4) is 0 Å². The van der Waals surface area contributed by atoms with E-state index in [1.54, 1.807) is 0 Å². The highest BCUT2D eigenvalue weighted by Crippen LogP contribution is 2.31. The molecule has 90 valence electrons. The van der Waals surface area contributed by atoms with Gasteiger partial charge in [-0.15, -0.1) is 11.8 Å². The third-order valence-electron chi connectivity index (χ3n) is 1.55. The van der Waals surface area contributed by atoms with Gasteiger partial charge in [0.1, 0.15) is 20.0 Å². The molecule has 1 rings (SSSR count). The molecule has 0 aliphatic carbocycles. The molecule has 0 N–H and O–H groups in total. The van der Waals surface area contributed by atoms with Crippen LogP contribution in [0.3, 0.4) is 0 Å². The number of thioether (sulfide) groups is 1. The summed E-state index contributed by atoms with van der Waals surface area (Å²) in [6.45, 7) is 0. The van der Waals surface area contributed by atoms with Gasteiger partial charge >= 0.3 is 0 Å². The van der Waals surface area contributed by atoms with Crippen LogP contribution in [0.5, 0.6) is 0 Å². The first-order valence-electron chi connectivity index (χ1n) is 4.11. The summed E-state index contributed by atoms with van der Waals surface area (Å²) >= 11 is 18.5. The molecule has 0 bridgehead atoms. The number of nitrogens with zero attached hydrogens (tertiary/aromatic N) is 1. The molecule has 0 atom stereocenters. The summed E-state index contributed by atoms with van der Waals surface area (Å²) in [6, 6.07) is 1.49. The van der Waals surface area contributed by atoms with Crippen LogP contribution in [0.25, 0.3) is 0 Å². The molecule has 16 heavy (non-hydrogen) atoms. The van der Waals surface area contributed by atoms with Crippen LogP contribution in [0.1, 0.15) is 0 Å². The quantitative estimate of drug-likeness (QED) is 0.631. The van der Waals surface area contributed by atoms with Crippen molar-refractivity contribution in [1.29, 1.82) is 0 Å². The van der Waals surface area contributed by atoms with Crippen molar-refractivity contribution in [2.75, 3.05) is 17.8 Å². The fraction of sp³-hybridized carbons (Fsp3) is 0.375. The SMILES string of the molecule is CS(=O)(=O)CCSc1nc(Cl)c(Cl)cc1Cl. The minimum atomic E-state index is -2.98. The van der Waals surface area contributed by atoms with Gasteiger partial charge in [-0.2, -0.15) is 0 Å². The van der Waals surface area contributed by atoms with Crippen LogP contribution >= 0.6 is 46.6 Å². The zero-order chi connectivity index (χ0) is 12.3. The number of rotatable bonds is 4. The van der Waals surface area contributed by atoms with Crippen LogP contribution in [-0.4, -0.2) is 31.2 Å². The molecule has 3 nitrogen and oxygen atoms in total. The maximum Gasteiger partial charge on any atom is 0.149 e. The van der Waals surface area contributed by atoms with E-state index in [4.69, 9.17) is 34.8 Å². The smallest absolute Gasteiger partial charge is 0.149 e. The normalized spacial score (nSPS) is 11.8. The number of halogens is 3. The standard InChI is InChI=1S/C8H8Cl3NO2S2/c1-16(13,14)3-2-15-8-6(10)4-5(9)7(11)12-8/h4H,2-3H2,1H3. The topological polar surface area (TPSA) is 47.0 Å². The summed E-state index contributed by atoms with van der Waals surface area (Å²) in [5, 5.41) is 1.29. The van der Waals surface area contributed by atoms with E-state index in [0.29, 0.717) is 15.8 Å². The predicted molar refractivity (Wildman–Crippen MR) is 69.7 cm³/mol. The van der Waals surface area contributed by atoms with Crippen molar-refractivity contribution in [1.82, 2.24) is 4.98 Å². The minimum Gasteiger partial charge on any atom is -0.229 e. The molecule has 8 heteroatoms. The molecule has 0 amide bonds. The van der Waals surface area contributed by atoms with E-state index in [-0.39, 0.29) is 15.9 Å². The molecule has 0 unspecified atom stereocenters. The molecular formula is C8H8Cl3NO2S2. The Bertz CT molecular complexity index is 490. The fourth-order valence-corrected chi connectivity index (χ4v) is 3.62. The van der Waals surface area contributed by atoms with Crippen LogP contribution in [0, 0.1) is 0 Å². The van der Waals surface area contributed by atoms with Gasteiger partial charge in [0.2, 0.25) is 0 Å². The number of hydrogen-bond acceptors (Lipinski definition) is 4. The van der Waals surface area contributed by atoms with Gasteiger partial charge in [-0.3, -0.25) is 0 Å². The Hall–Kier alpha value is 0.320. The summed E-state index contributed by atoms with van der Waals surface area (Å²) in [4.78, 5) is 3.96. The van der Waals surface area contributed by atoms with Gasteiger partial charge in [-0.25, -0.2) is 13.4 Å². The maximum atomic E-state index is 10.9. The van der Waals surface area contributed by atoms with E-state index in [1.807, 2.05) is 0 Å². The predicted octanol–water partition coefficient (Wildman–Crippen LogP) is 3.18. The van der Waals surface area contributed by atoms with E-state index in [2.05, 4.69) is 4.98 Å². The van der Waals surface area contributed by atoms with Gasteiger partial charge in [-0.1, -0.05) is 34.8 Å². The molecule has 1 aromatic heterocycles. The van der Waals surface area contributed by atoms with Crippen molar-refractivity contribution in [2.24, 2.45) is 0 Å². The van der Waals surface area contributed by atoms with Gasteiger partial charge in [-0.05, 0) is 6.07 Å². The van der Waals surface area contributed by atoms with Crippen LogP contribution < -0.4 is 0 Å². The number of hydrogen-bond donors (Lipinski definition) is 0. The second-order valence-corrected chi connectivity index (χ2v) is 7.54. The highest BCUT2D eigenvalue weighted by atomic mass is 35.5. The van der Waals surface area contributed by atoms with Crippen molar-refractivity contribution in [3.05, 3.63) is 21.3 Å². The summed E-state index contributed by atoms with van der Waals surface area (Å²) in [5.74, 6) is 0.444. The summed E-state index contributed by atoms with van der Waals surface area (Å²) < 4.78 is 21.8. The van der Waals surface area contributed by atoms with Gasteiger partial charge in [0, 0.05) is 12.0 Å². The fourth-order valence-electron chi connectivity index (χ4n) is 0.819. The summed E-state index contributed by atoms with van der Waals surface area (Å²) in [6.07, 6.45) is 1.18. The molecule has 0 aromatic carbocycles. The number of aromatic nitrogens is 1. The Morgan fingerprint density at radius 3 is 2.50 bits per heavy atom. The summed E-state index contributed by atoms with van der Waals surface area (Å²) in [7, 11) is -2.98. The third kappa shape index (κ3) is 4.67. The van der Waals surface area contributed by atoms with Crippen molar-refractivity contribution < 1.29 is 8.42 Å². The highest BCUT2D eigenvalue weighted by molar-refractivity contribution is 8.00. The van der Waals surface area contributed by atoms with E-state index < -0.39 is 9.84 Å². The monoisotopic (exact) mass is 319 g/mol. The van der Waals surface area contributed by atoms with Crippen LogP contribution in [0.15, 0.2) is 11.1 Å². The lowest BCUT2D eigenvalue weighted by molar-refractivity contribution is 0.603. The van der Waals surface area contributed by atoms with Crippen LogP contribution in [0.2, 0.25) is 15.2 Å². The molecule has 0 fully saturated rings. The van der Waals surface area contributed by atoms with Gasteiger partial charge in [0.15, 0.2) is 0 Å². The lowest BCUT2D eigenvalue weighted by Crippen LogP contribution is -2.05. The van der Waals surface area contributed by atoms with Gasteiger partial charge < -0.3 is 0 Å². The zero-order valence-electron chi connectivity index (χ0n) is 8.21. The van der Waals surface area contributed by atoms with Crippen LogP contribution in [-0.2, 0) is 9.84 Å². The second-order valence-electron chi connectivity index (χ2n) is 3.03. The Morgan fingerprint density at radius 2 is 1.94 bits per heavy atom. The Kier molecular flexibility index (Phi) is 5.19. The average Bonchev–Trinajstić information content (AvgIpc) is 2.11. The maximum absolute atomic E-state index is 10.9. The number of pyridine rings is 1. The lowest BCUT2D eigenvalue weighted by atomic mass is 10.5. The Morgan fingerprint density at radius 1 is 1.31 bits per heavy atom. The molecule has 0 aliphatic heterocycles. The molecule has 0 saturated carbocycles. The molecule has 0 aliphatic rings. The third-order valence-corrected chi connectivity index (χ3v) is 4.82. The molecule has 0 saturated heterocycles. The zero-order valence-corrected chi connectivity index (χ0v) is 12.1. The van der Waals surface area contributed by atoms with E-state index in [9.17, 15) is 8.42 Å². The Labute approximate surface area is 113 Å². The van der Waals surface area contributed by atoms with E-state index in [1.165, 1.54) is 24.1 Å². The second kappa shape index (κ2) is 5.78. The minimum absolute atomic E-state index is 0.0654. The van der Waals surface area contributed by atoms with Gasteiger partial charge in [0.05, 0.1) is 15.8 Å². The molecule has 0 spiro atoms. The summed E-state index contributed by atoms with van der Waals surface area (Å²) in [5.41, 5.74) is 0. The Balaban J connectivity index is 2.71. The van der Waals surface area contributed by atoms with Crippen molar-refractivity contribution >= 4 is 56.4 Å². The lowest BCUT2D eigenvalue weighted by Gasteiger charge is -2.04. The number of sulfone groups is 1. The van der Waals surface area contributed by atoms with Crippen molar-refractivity contribution in [2.45, 2.75) is 5.03 Å². The molecule has 0 radical (unpaired) electrons. The van der Waals surface area contributed by atoms with Crippen molar-refractivity contribution in [3.63, 3.8) is 0 Å². The largest absolute Gasteiger partial charge is 0.229 e. The van der Waals surface area contributed by atoms with E-state index in [0.717, 1.165) is 0 Å². The van der Waals surface area contributed by atoms with Crippen LogP contribution in [0.4, 0.5) is 0 Å². The average molecular weight is 321 g/mol. The first kappa shape index (κ1) is 14.4.